The molecule has 1 aromatic rings. The molecular weight excluding hydrogens is 158 g/mol. The van der Waals surface area contributed by atoms with Crippen molar-refractivity contribution in [1.29, 1.82) is 0 Å². The Kier molecular flexibility index (Phi) is 2.44. The molecule has 0 radical (unpaired) electrons. The molecule has 2 N–H and O–H groups in total. The lowest BCUT2D eigenvalue weighted by Gasteiger charge is -1.94. The number of rotatable bonds is 3. The molecule has 0 aliphatic carbocycles. The average Bonchev–Trinajstić information content (AvgIpc) is 2.32. The molecular formula is C7H11N3O2. The topological polar surface area (TPSA) is 70.1 Å². The molecule has 0 saturated heterocycles. The van der Waals surface area contributed by atoms with E-state index in [1.54, 1.807) is 20.4 Å². The Morgan fingerprint density at radius 3 is 3.00 bits per heavy atom. The smallest absolute Gasteiger partial charge is 0.252 e. The van der Waals surface area contributed by atoms with Gasteiger partial charge in [-0.15, -0.1) is 0 Å². The fraction of sp³-hybridized carbons (Fsp3) is 0.429. The number of aromatic nitrogens is 2. The van der Waals surface area contributed by atoms with Gasteiger partial charge in [-0.1, -0.05) is 0 Å². The molecule has 0 aliphatic heterocycles. The molecule has 12 heavy (non-hydrogen) atoms. The van der Waals surface area contributed by atoms with Crippen LogP contribution in [0.25, 0.3) is 0 Å². The van der Waals surface area contributed by atoms with Crippen LogP contribution in [-0.2, 0) is 18.4 Å². The number of aryl methyl sites for hydroxylation is 1. The molecule has 0 aromatic carbocycles. The summed E-state index contributed by atoms with van der Waals surface area (Å²) in [5, 5.41) is 4.01. The molecule has 5 heteroatoms. The lowest BCUT2D eigenvalue weighted by Crippen LogP contribution is -2.12. The van der Waals surface area contributed by atoms with Gasteiger partial charge in [0.05, 0.1) is 12.2 Å². The molecule has 1 amide bonds. The molecule has 0 atom stereocenters. The van der Waals surface area contributed by atoms with E-state index < -0.39 is 5.91 Å². The van der Waals surface area contributed by atoms with E-state index in [4.69, 9.17) is 10.5 Å². The zero-order valence-corrected chi connectivity index (χ0v) is 7.07. The maximum Gasteiger partial charge on any atom is 0.252 e. The van der Waals surface area contributed by atoms with Gasteiger partial charge in [0, 0.05) is 20.4 Å². The Labute approximate surface area is 70.1 Å². The zero-order valence-electron chi connectivity index (χ0n) is 7.07. The number of primary amides is 1. The highest BCUT2D eigenvalue weighted by Crippen LogP contribution is 2.05. The van der Waals surface area contributed by atoms with Crippen LogP contribution in [0.4, 0.5) is 0 Å². The average molecular weight is 169 g/mol. The minimum Gasteiger partial charge on any atom is -0.378 e. The van der Waals surface area contributed by atoms with E-state index in [1.165, 1.54) is 4.68 Å². The van der Waals surface area contributed by atoms with Crippen molar-refractivity contribution in [2.75, 3.05) is 7.11 Å². The SMILES string of the molecule is COCc1nn(C)cc1C(N)=O. The monoisotopic (exact) mass is 169 g/mol. The number of methoxy groups -OCH3 is 1. The standard InChI is InChI=1S/C7H11N3O2/c1-10-3-5(7(8)11)6(9-10)4-12-2/h3H,4H2,1-2H3,(H2,8,11). The fourth-order valence-electron chi connectivity index (χ4n) is 0.984. The Balaban J connectivity index is 2.99. The zero-order chi connectivity index (χ0) is 9.14. The molecule has 1 heterocycles. The van der Waals surface area contributed by atoms with E-state index in [1.807, 2.05) is 0 Å². The number of carbonyl (C=O) groups is 1. The van der Waals surface area contributed by atoms with E-state index in [-0.39, 0.29) is 0 Å². The quantitative estimate of drug-likeness (QED) is 0.673. The normalized spacial score (nSPS) is 10.2. The minimum absolute atomic E-state index is 0.305. The number of ether oxygens (including phenoxy) is 1. The van der Waals surface area contributed by atoms with Gasteiger partial charge in [-0.3, -0.25) is 9.48 Å². The molecule has 0 unspecified atom stereocenters. The van der Waals surface area contributed by atoms with Crippen LogP contribution in [0.1, 0.15) is 16.1 Å². The van der Waals surface area contributed by atoms with Gasteiger partial charge in [-0.25, -0.2) is 0 Å². The molecule has 1 aromatic heterocycles. The van der Waals surface area contributed by atoms with Gasteiger partial charge >= 0.3 is 0 Å². The minimum atomic E-state index is -0.477. The summed E-state index contributed by atoms with van der Waals surface area (Å²) in [4.78, 5) is 10.8. The van der Waals surface area contributed by atoms with Crippen molar-refractivity contribution in [2.24, 2.45) is 12.8 Å². The number of amides is 1. The second-order valence-corrected chi connectivity index (χ2v) is 2.46. The van der Waals surface area contributed by atoms with Crippen LogP contribution in [-0.4, -0.2) is 22.8 Å². The molecule has 0 fully saturated rings. The van der Waals surface area contributed by atoms with Crippen molar-refractivity contribution in [1.82, 2.24) is 9.78 Å². The molecule has 1 rings (SSSR count). The van der Waals surface area contributed by atoms with Crippen molar-refractivity contribution in [3.05, 3.63) is 17.5 Å². The Morgan fingerprint density at radius 1 is 1.83 bits per heavy atom. The summed E-state index contributed by atoms with van der Waals surface area (Å²) in [6, 6.07) is 0. The first-order chi connectivity index (χ1) is 5.65. The van der Waals surface area contributed by atoms with Crippen LogP contribution in [0.3, 0.4) is 0 Å². The summed E-state index contributed by atoms with van der Waals surface area (Å²) < 4.78 is 6.38. The third-order valence-electron chi connectivity index (χ3n) is 1.45. The third-order valence-corrected chi connectivity index (χ3v) is 1.45. The summed E-state index contributed by atoms with van der Waals surface area (Å²) in [5.41, 5.74) is 6.10. The van der Waals surface area contributed by atoms with E-state index >= 15 is 0 Å². The van der Waals surface area contributed by atoms with Crippen molar-refractivity contribution in [3.8, 4) is 0 Å². The number of hydrogen-bond acceptors (Lipinski definition) is 3. The van der Waals surface area contributed by atoms with Crippen molar-refractivity contribution in [3.63, 3.8) is 0 Å². The van der Waals surface area contributed by atoms with E-state index in [9.17, 15) is 4.79 Å². The summed E-state index contributed by atoms with van der Waals surface area (Å²) in [6.45, 7) is 0.305. The van der Waals surface area contributed by atoms with Crippen LogP contribution < -0.4 is 5.73 Å². The number of hydrogen-bond donors (Lipinski definition) is 1. The van der Waals surface area contributed by atoms with Crippen LogP contribution >= 0.6 is 0 Å². The maximum absolute atomic E-state index is 10.8. The molecule has 0 bridgehead atoms. The molecule has 0 aliphatic rings. The number of nitrogens with zero attached hydrogens (tertiary/aromatic N) is 2. The maximum atomic E-state index is 10.8. The van der Waals surface area contributed by atoms with E-state index in [0.29, 0.717) is 17.9 Å². The molecule has 66 valence electrons. The first kappa shape index (κ1) is 8.73. The predicted octanol–water partition coefficient (Wildman–Crippen LogP) is -0.335. The third kappa shape index (κ3) is 1.62. The second-order valence-electron chi connectivity index (χ2n) is 2.46. The molecule has 0 saturated carbocycles. The predicted molar refractivity (Wildman–Crippen MR) is 42.4 cm³/mol. The highest BCUT2D eigenvalue weighted by molar-refractivity contribution is 5.93. The van der Waals surface area contributed by atoms with Crippen molar-refractivity contribution < 1.29 is 9.53 Å². The van der Waals surface area contributed by atoms with Gasteiger partial charge in [-0.2, -0.15) is 5.10 Å². The highest BCUT2D eigenvalue weighted by atomic mass is 16.5. The Bertz CT molecular complexity index is 293. The molecule has 0 spiro atoms. The van der Waals surface area contributed by atoms with Crippen molar-refractivity contribution in [2.45, 2.75) is 6.61 Å². The van der Waals surface area contributed by atoms with Gasteiger partial charge in [0.1, 0.15) is 5.69 Å². The first-order valence-electron chi connectivity index (χ1n) is 3.46. The van der Waals surface area contributed by atoms with Gasteiger partial charge in [-0.05, 0) is 0 Å². The fourth-order valence-corrected chi connectivity index (χ4v) is 0.984. The van der Waals surface area contributed by atoms with Crippen molar-refractivity contribution >= 4 is 5.91 Å². The summed E-state index contributed by atoms with van der Waals surface area (Å²) >= 11 is 0. The number of nitrogens with two attached hydrogens (primary N) is 1. The van der Waals surface area contributed by atoms with Gasteiger partial charge in [0.15, 0.2) is 0 Å². The first-order valence-corrected chi connectivity index (χ1v) is 3.46. The second kappa shape index (κ2) is 3.36. The summed E-state index contributed by atoms with van der Waals surface area (Å²) in [5.74, 6) is -0.477. The lowest BCUT2D eigenvalue weighted by atomic mass is 10.2. The highest BCUT2D eigenvalue weighted by Gasteiger charge is 2.11. The van der Waals surface area contributed by atoms with Gasteiger partial charge < -0.3 is 10.5 Å². The van der Waals surface area contributed by atoms with Crippen LogP contribution in [0.15, 0.2) is 6.20 Å². The van der Waals surface area contributed by atoms with E-state index in [0.717, 1.165) is 0 Å². The lowest BCUT2D eigenvalue weighted by molar-refractivity contribution is 0.0995. The van der Waals surface area contributed by atoms with Crippen LogP contribution in [0.2, 0.25) is 0 Å². The summed E-state index contributed by atoms with van der Waals surface area (Å²) in [6.07, 6.45) is 1.58. The van der Waals surface area contributed by atoms with Gasteiger partial charge in [0.2, 0.25) is 0 Å². The number of carbonyl (C=O) groups excluding carboxylic acids is 1. The van der Waals surface area contributed by atoms with E-state index in [2.05, 4.69) is 5.10 Å². The largest absolute Gasteiger partial charge is 0.378 e. The molecule has 5 nitrogen and oxygen atoms in total. The van der Waals surface area contributed by atoms with Crippen LogP contribution in [0.5, 0.6) is 0 Å². The van der Waals surface area contributed by atoms with Crippen LogP contribution in [0, 0.1) is 0 Å². The Hall–Kier alpha value is -1.36. The Morgan fingerprint density at radius 2 is 2.50 bits per heavy atom. The van der Waals surface area contributed by atoms with Gasteiger partial charge in [0.25, 0.3) is 5.91 Å². The summed E-state index contributed by atoms with van der Waals surface area (Å²) in [7, 11) is 3.27.